The summed E-state index contributed by atoms with van der Waals surface area (Å²) in [4.78, 5) is 20.4. The smallest absolute Gasteiger partial charge is 0.269 e. The van der Waals surface area contributed by atoms with Crippen molar-refractivity contribution in [2.24, 2.45) is 11.1 Å². The van der Waals surface area contributed by atoms with Gasteiger partial charge in [0.2, 0.25) is 0 Å². The normalized spacial score (nSPS) is 26.5. The standard InChI is InChI=1S/C18H22FN3O2/c19-15-5-3-13(4-6-15)10-20-17(23)16-9-18(24-21-16)7-8-22(12-18)11-14-1-2-14/h3-6,14H,1-2,7-12H2,(H,20,23)/t18-/m0/s1. The number of amides is 1. The first-order chi connectivity index (χ1) is 11.6. The Morgan fingerprint density at radius 3 is 2.92 bits per heavy atom. The maximum Gasteiger partial charge on any atom is 0.269 e. The minimum Gasteiger partial charge on any atom is -0.387 e. The summed E-state index contributed by atoms with van der Waals surface area (Å²) in [7, 11) is 0. The zero-order valence-corrected chi connectivity index (χ0v) is 13.6. The number of nitrogens with one attached hydrogen (secondary N) is 1. The first kappa shape index (κ1) is 15.6. The van der Waals surface area contributed by atoms with Crippen LogP contribution in [0.15, 0.2) is 29.4 Å². The molecule has 0 bridgehead atoms. The Morgan fingerprint density at radius 2 is 2.17 bits per heavy atom. The zero-order chi connectivity index (χ0) is 16.6. The molecule has 6 heteroatoms. The first-order valence-corrected chi connectivity index (χ1v) is 8.62. The van der Waals surface area contributed by atoms with E-state index in [0.717, 1.165) is 37.5 Å². The van der Waals surface area contributed by atoms with Gasteiger partial charge in [-0.05, 0) is 36.5 Å². The van der Waals surface area contributed by atoms with Crippen molar-refractivity contribution in [3.8, 4) is 0 Å². The molecule has 1 aromatic rings. The molecule has 1 aliphatic carbocycles. The number of nitrogens with zero attached hydrogens (tertiary/aromatic N) is 2. The van der Waals surface area contributed by atoms with E-state index in [1.165, 1.54) is 25.0 Å². The second-order valence-corrected chi connectivity index (χ2v) is 7.23. The van der Waals surface area contributed by atoms with Crippen LogP contribution in [0.3, 0.4) is 0 Å². The Bertz CT molecular complexity index is 657. The topological polar surface area (TPSA) is 53.9 Å². The van der Waals surface area contributed by atoms with Crippen molar-refractivity contribution < 1.29 is 14.0 Å². The largest absolute Gasteiger partial charge is 0.387 e. The molecule has 4 rings (SSSR count). The minimum atomic E-state index is -0.308. The lowest BCUT2D eigenvalue weighted by Gasteiger charge is -2.21. The van der Waals surface area contributed by atoms with Crippen molar-refractivity contribution in [1.82, 2.24) is 10.2 Å². The van der Waals surface area contributed by atoms with E-state index in [0.29, 0.717) is 18.7 Å². The van der Waals surface area contributed by atoms with Gasteiger partial charge in [0, 0.05) is 39.0 Å². The van der Waals surface area contributed by atoms with E-state index in [1.807, 2.05) is 0 Å². The van der Waals surface area contributed by atoms with E-state index in [2.05, 4.69) is 15.4 Å². The first-order valence-electron chi connectivity index (χ1n) is 8.62. The van der Waals surface area contributed by atoms with Crippen LogP contribution in [0, 0.1) is 11.7 Å². The van der Waals surface area contributed by atoms with Crippen LogP contribution in [0.25, 0.3) is 0 Å². The number of hydrogen-bond acceptors (Lipinski definition) is 4. The number of hydrogen-bond donors (Lipinski definition) is 1. The molecule has 24 heavy (non-hydrogen) atoms. The monoisotopic (exact) mass is 331 g/mol. The molecular formula is C18H22FN3O2. The quantitative estimate of drug-likeness (QED) is 0.899. The fourth-order valence-electron chi connectivity index (χ4n) is 3.50. The summed E-state index contributed by atoms with van der Waals surface area (Å²) in [6, 6.07) is 6.10. The summed E-state index contributed by atoms with van der Waals surface area (Å²) >= 11 is 0. The fraction of sp³-hybridized carbons (Fsp3) is 0.556. The number of likely N-dealkylation sites (tertiary alicyclic amines) is 1. The van der Waals surface area contributed by atoms with Crippen LogP contribution in [0.5, 0.6) is 0 Å². The molecule has 0 radical (unpaired) electrons. The number of carbonyl (C=O) groups is 1. The molecular weight excluding hydrogens is 309 g/mol. The Labute approximate surface area is 140 Å². The van der Waals surface area contributed by atoms with Gasteiger partial charge < -0.3 is 10.2 Å². The summed E-state index contributed by atoms with van der Waals surface area (Å²) < 4.78 is 12.9. The van der Waals surface area contributed by atoms with Gasteiger partial charge >= 0.3 is 0 Å². The summed E-state index contributed by atoms with van der Waals surface area (Å²) in [6.45, 7) is 3.40. The fourth-order valence-corrected chi connectivity index (χ4v) is 3.50. The van der Waals surface area contributed by atoms with Gasteiger partial charge in [0.1, 0.15) is 11.5 Å². The van der Waals surface area contributed by atoms with Gasteiger partial charge in [-0.3, -0.25) is 9.69 Å². The number of halogens is 1. The molecule has 2 aliphatic heterocycles. The summed E-state index contributed by atoms with van der Waals surface area (Å²) in [5, 5.41) is 6.88. The molecule has 1 N–H and O–H groups in total. The van der Waals surface area contributed by atoms with E-state index in [1.54, 1.807) is 12.1 Å². The van der Waals surface area contributed by atoms with Crippen molar-refractivity contribution in [3.63, 3.8) is 0 Å². The summed E-state index contributed by atoms with van der Waals surface area (Å²) in [5.41, 5.74) is 1.01. The highest BCUT2D eigenvalue weighted by molar-refractivity contribution is 6.39. The lowest BCUT2D eigenvalue weighted by molar-refractivity contribution is -0.115. The average Bonchev–Trinajstić information content (AvgIpc) is 3.16. The van der Waals surface area contributed by atoms with Crippen LogP contribution >= 0.6 is 0 Å². The second-order valence-electron chi connectivity index (χ2n) is 7.23. The molecule has 3 aliphatic rings. The molecule has 1 spiro atoms. The van der Waals surface area contributed by atoms with E-state index < -0.39 is 0 Å². The van der Waals surface area contributed by atoms with Crippen molar-refractivity contribution in [2.45, 2.75) is 37.8 Å². The third kappa shape index (κ3) is 3.43. The predicted octanol–water partition coefficient (Wildman–Crippen LogP) is 2.07. The zero-order valence-electron chi connectivity index (χ0n) is 13.6. The predicted molar refractivity (Wildman–Crippen MR) is 87.9 cm³/mol. The van der Waals surface area contributed by atoms with Gasteiger partial charge in [-0.1, -0.05) is 17.3 Å². The van der Waals surface area contributed by atoms with Gasteiger partial charge in [-0.15, -0.1) is 0 Å². The number of oxime groups is 1. The molecule has 128 valence electrons. The van der Waals surface area contributed by atoms with Crippen LogP contribution in [0.4, 0.5) is 4.39 Å². The Morgan fingerprint density at radius 1 is 1.38 bits per heavy atom. The molecule has 0 unspecified atom stereocenters. The third-order valence-corrected chi connectivity index (χ3v) is 5.08. The molecule has 1 amide bonds. The van der Waals surface area contributed by atoms with Crippen LogP contribution in [0.1, 0.15) is 31.2 Å². The molecule has 2 heterocycles. The van der Waals surface area contributed by atoms with E-state index in [4.69, 9.17) is 4.84 Å². The molecule has 1 saturated heterocycles. The average molecular weight is 331 g/mol. The Hall–Kier alpha value is -1.95. The number of benzene rings is 1. The second kappa shape index (κ2) is 6.16. The molecule has 1 aromatic carbocycles. The maximum atomic E-state index is 12.9. The van der Waals surface area contributed by atoms with Crippen LogP contribution in [-0.4, -0.2) is 41.8 Å². The highest BCUT2D eigenvalue weighted by atomic mass is 19.1. The van der Waals surface area contributed by atoms with Gasteiger partial charge in [0.15, 0.2) is 5.60 Å². The van der Waals surface area contributed by atoms with Crippen molar-refractivity contribution in [3.05, 3.63) is 35.6 Å². The van der Waals surface area contributed by atoms with Crippen molar-refractivity contribution >= 4 is 11.6 Å². The van der Waals surface area contributed by atoms with Gasteiger partial charge in [-0.25, -0.2) is 4.39 Å². The van der Waals surface area contributed by atoms with Crippen molar-refractivity contribution in [2.75, 3.05) is 19.6 Å². The molecule has 0 aromatic heterocycles. The highest BCUT2D eigenvalue weighted by Crippen LogP contribution is 2.37. The van der Waals surface area contributed by atoms with Gasteiger partial charge in [-0.2, -0.15) is 0 Å². The summed E-state index contributed by atoms with van der Waals surface area (Å²) in [5.74, 6) is 0.385. The SMILES string of the molecule is O=C(NCc1ccc(F)cc1)C1=NO[C@@]2(CCN(CC3CC3)C2)C1. The van der Waals surface area contributed by atoms with E-state index >= 15 is 0 Å². The van der Waals surface area contributed by atoms with Gasteiger partial charge in [0.25, 0.3) is 5.91 Å². The molecule has 5 nitrogen and oxygen atoms in total. The Balaban J connectivity index is 1.28. The number of carbonyl (C=O) groups excluding carboxylic acids is 1. The van der Waals surface area contributed by atoms with Crippen LogP contribution < -0.4 is 5.32 Å². The Kier molecular flexibility index (Phi) is 4.00. The lowest BCUT2D eigenvalue weighted by Crippen LogP contribution is -2.37. The van der Waals surface area contributed by atoms with Crippen LogP contribution in [-0.2, 0) is 16.2 Å². The third-order valence-electron chi connectivity index (χ3n) is 5.08. The maximum absolute atomic E-state index is 12.9. The van der Waals surface area contributed by atoms with Gasteiger partial charge in [0.05, 0.1) is 0 Å². The number of rotatable bonds is 5. The van der Waals surface area contributed by atoms with Crippen molar-refractivity contribution in [1.29, 1.82) is 0 Å². The molecule has 1 atom stereocenters. The molecule has 1 saturated carbocycles. The molecule has 2 fully saturated rings. The lowest BCUT2D eigenvalue weighted by atomic mass is 9.96. The van der Waals surface area contributed by atoms with E-state index in [9.17, 15) is 9.18 Å². The minimum absolute atomic E-state index is 0.197. The van der Waals surface area contributed by atoms with E-state index in [-0.39, 0.29) is 17.3 Å². The van der Waals surface area contributed by atoms with Crippen LogP contribution in [0.2, 0.25) is 0 Å². The highest BCUT2D eigenvalue weighted by Gasteiger charge is 2.47. The summed E-state index contributed by atoms with van der Waals surface area (Å²) in [6.07, 6.45) is 4.19.